The monoisotopic (exact) mass is 587 g/mol. The van der Waals surface area contributed by atoms with Crippen molar-refractivity contribution in [2.24, 2.45) is 11.8 Å². The first-order valence-electron chi connectivity index (χ1n) is 15.9. The van der Waals surface area contributed by atoms with Crippen molar-refractivity contribution in [1.29, 1.82) is 0 Å². The van der Waals surface area contributed by atoms with Gasteiger partial charge in [0.05, 0.1) is 11.6 Å². The maximum atomic E-state index is 16.4. The van der Waals surface area contributed by atoms with Gasteiger partial charge in [-0.1, -0.05) is 25.8 Å². The summed E-state index contributed by atoms with van der Waals surface area (Å²) in [6.45, 7) is 7.99. The van der Waals surface area contributed by atoms with Gasteiger partial charge in [0, 0.05) is 49.9 Å². The number of hydrogen-bond donors (Lipinski definition) is 1. The number of hydrogen-bond acceptors (Lipinski definition) is 5. The first kappa shape index (κ1) is 29.3. The first-order valence-corrected chi connectivity index (χ1v) is 15.9. The molecular weight excluding hydrogens is 545 g/mol. The highest BCUT2D eigenvalue weighted by atomic mass is 19.1. The number of amides is 1. The van der Waals surface area contributed by atoms with Crippen LogP contribution in [0, 0.1) is 17.7 Å². The molecule has 10 heteroatoms. The number of fused-ring (bicyclic) bond motifs is 1. The average Bonchev–Trinajstić information content (AvgIpc) is 3.80. The predicted molar refractivity (Wildman–Crippen MR) is 162 cm³/mol. The van der Waals surface area contributed by atoms with E-state index < -0.39 is 0 Å². The van der Waals surface area contributed by atoms with E-state index in [4.69, 9.17) is 4.98 Å². The second-order valence-corrected chi connectivity index (χ2v) is 12.3. The molecule has 2 atom stereocenters. The van der Waals surface area contributed by atoms with Crippen LogP contribution in [0.3, 0.4) is 0 Å². The Balaban J connectivity index is 1.33. The van der Waals surface area contributed by atoms with Crippen molar-refractivity contribution in [3.05, 3.63) is 65.3 Å². The zero-order valence-corrected chi connectivity index (χ0v) is 25.4. The van der Waals surface area contributed by atoms with E-state index in [1.165, 1.54) is 0 Å². The number of H-pyrrole nitrogens is 1. The minimum absolute atomic E-state index is 0.0345. The number of likely N-dealkylation sites (tertiary alicyclic amines) is 1. The molecular formula is C33H42FN7O2. The van der Waals surface area contributed by atoms with Gasteiger partial charge in [0.1, 0.15) is 22.7 Å². The van der Waals surface area contributed by atoms with Gasteiger partial charge in [0.2, 0.25) is 0 Å². The van der Waals surface area contributed by atoms with Crippen molar-refractivity contribution >= 4 is 22.7 Å². The highest BCUT2D eigenvalue weighted by Crippen LogP contribution is 2.41. The van der Waals surface area contributed by atoms with E-state index in [2.05, 4.69) is 22.1 Å². The van der Waals surface area contributed by atoms with E-state index in [0.717, 1.165) is 38.5 Å². The fourth-order valence-electron chi connectivity index (χ4n) is 7.22. The van der Waals surface area contributed by atoms with Crippen molar-refractivity contribution in [3.63, 3.8) is 0 Å². The maximum absolute atomic E-state index is 16.4. The van der Waals surface area contributed by atoms with Crippen molar-refractivity contribution in [2.75, 3.05) is 6.54 Å². The Morgan fingerprint density at radius 1 is 0.953 bits per heavy atom. The number of carbonyl (C=O) groups excluding carboxylic acids is 2. The molecule has 4 heterocycles. The Labute approximate surface area is 251 Å². The van der Waals surface area contributed by atoms with Gasteiger partial charge >= 0.3 is 0 Å². The zero-order valence-electron chi connectivity index (χ0n) is 25.4. The summed E-state index contributed by atoms with van der Waals surface area (Å²) >= 11 is 0. The minimum Gasteiger partial charge on any atom is -0.342 e. The van der Waals surface area contributed by atoms with Crippen molar-refractivity contribution in [3.8, 4) is 0 Å². The summed E-state index contributed by atoms with van der Waals surface area (Å²) in [4.78, 5) is 37.2. The lowest BCUT2D eigenvalue weighted by Gasteiger charge is -2.36. The standard InChI is InChI=1S/C33H42FN7O2/c1-4-40-27(15-17-35-40)29(42)20-24(22-11-9-21(3)10-12-22)32-37-25-14-13-23(30(34)31(25)38-32)26-8-6-7-19-39(26)33(43)28-16-18-36-41(28)5-2/h13-18,21-22,24,26H,4-12,19-20H2,1-3H3,(H,37,38)/t21?,22?,24-,26?/m0/s1. The Kier molecular flexibility index (Phi) is 8.45. The summed E-state index contributed by atoms with van der Waals surface area (Å²) in [5.74, 6) is 1.01. The molecule has 6 rings (SSSR count). The van der Waals surface area contributed by atoms with Crippen LogP contribution in [0.25, 0.3) is 11.0 Å². The third-order valence-corrected chi connectivity index (χ3v) is 9.69. The van der Waals surface area contributed by atoms with Crippen LogP contribution in [-0.4, -0.2) is 52.7 Å². The van der Waals surface area contributed by atoms with E-state index >= 15 is 4.39 Å². The van der Waals surface area contributed by atoms with Gasteiger partial charge in [0.25, 0.3) is 5.91 Å². The number of aryl methyl sites for hydroxylation is 2. The van der Waals surface area contributed by atoms with Crippen LogP contribution in [0.1, 0.15) is 116 Å². The number of halogens is 1. The van der Waals surface area contributed by atoms with Gasteiger partial charge in [-0.25, -0.2) is 9.37 Å². The summed E-state index contributed by atoms with van der Waals surface area (Å²) in [7, 11) is 0. The van der Waals surface area contributed by atoms with Gasteiger partial charge in [0.15, 0.2) is 11.6 Å². The molecule has 3 aromatic heterocycles. The van der Waals surface area contributed by atoms with Crippen molar-refractivity contribution in [2.45, 2.75) is 97.2 Å². The number of aromatic amines is 1. The molecule has 1 aliphatic carbocycles. The number of benzene rings is 1. The second-order valence-electron chi connectivity index (χ2n) is 12.3. The van der Waals surface area contributed by atoms with E-state index in [0.29, 0.717) is 66.7 Å². The van der Waals surface area contributed by atoms with E-state index in [-0.39, 0.29) is 40.9 Å². The Morgan fingerprint density at radius 3 is 2.37 bits per heavy atom. The van der Waals surface area contributed by atoms with Gasteiger partial charge in [-0.15, -0.1) is 0 Å². The highest BCUT2D eigenvalue weighted by Gasteiger charge is 2.35. The van der Waals surface area contributed by atoms with Crippen LogP contribution in [0.2, 0.25) is 0 Å². The largest absolute Gasteiger partial charge is 0.342 e. The number of imidazole rings is 1. The molecule has 9 nitrogen and oxygen atoms in total. The SMILES string of the molecule is CCn1nccc1C(=O)C[C@H](c1nc2c(F)c(C3CCCCN3C(=O)c3ccnn3CC)ccc2[nH]1)C1CCC(C)CC1. The predicted octanol–water partition coefficient (Wildman–Crippen LogP) is 6.69. The molecule has 2 fully saturated rings. The average molecular weight is 588 g/mol. The number of nitrogens with zero attached hydrogens (tertiary/aromatic N) is 6. The Morgan fingerprint density at radius 2 is 1.65 bits per heavy atom. The zero-order chi connectivity index (χ0) is 30.1. The Hall–Kier alpha value is -3.82. The maximum Gasteiger partial charge on any atom is 0.272 e. The summed E-state index contributed by atoms with van der Waals surface area (Å²) in [6, 6.07) is 6.82. The molecule has 1 aliphatic heterocycles. The van der Waals surface area contributed by atoms with Gasteiger partial charge in [-0.05, 0) is 76.0 Å². The van der Waals surface area contributed by atoms with E-state index in [9.17, 15) is 9.59 Å². The number of aromatic nitrogens is 6. The van der Waals surface area contributed by atoms with E-state index in [1.807, 2.05) is 19.9 Å². The lowest BCUT2D eigenvalue weighted by Crippen LogP contribution is -2.39. The van der Waals surface area contributed by atoms with Crippen LogP contribution in [0.4, 0.5) is 4.39 Å². The summed E-state index contributed by atoms with van der Waals surface area (Å²) in [5, 5.41) is 8.56. The minimum atomic E-state index is -0.389. The third-order valence-electron chi connectivity index (χ3n) is 9.69. The van der Waals surface area contributed by atoms with Gasteiger partial charge in [-0.2, -0.15) is 10.2 Å². The number of nitrogens with one attached hydrogen (secondary N) is 1. The lowest BCUT2D eigenvalue weighted by atomic mass is 9.74. The molecule has 0 spiro atoms. The van der Waals surface area contributed by atoms with Crippen LogP contribution >= 0.6 is 0 Å². The fourth-order valence-corrected chi connectivity index (χ4v) is 7.22. The Bertz CT molecular complexity index is 1600. The van der Waals surface area contributed by atoms with Crippen LogP contribution in [0.15, 0.2) is 36.7 Å². The summed E-state index contributed by atoms with van der Waals surface area (Å²) in [6.07, 6.45) is 10.4. The van der Waals surface area contributed by atoms with Gasteiger partial charge < -0.3 is 9.88 Å². The number of carbonyl (C=O) groups is 2. The molecule has 1 amide bonds. The quantitative estimate of drug-likeness (QED) is 0.220. The number of Topliss-reactive ketones (excluding diaryl/α,β-unsaturated/α-hetero) is 1. The van der Waals surface area contributed by atoms with Crippen molar-refractivity contribution < 1.29 is 14.0 Å². The molecule has 4 aromatic rings. The van der Waals surface area contributed by atoms with Gasteiger partial charge in [-0.3, -0.25) is 19.0 Å². The van der Waals surface area contributed by atoms with E-state index in [1.54, 1.807) is 44.9 Å². The molecule has 1 aromatic carbocycles. The molecule has 2 aliphatic rings. The molecule has 228 valence electrons. The molecule has 0 bridgehead atoms. The van der Waals surface area contributed by atoms with Crippen molar-refractivity contribution in [1.82, 2.24) is 34.4 Å². The first-order chi connectivity index (χ1) is 20.9. The third kappa shape index (κ3) is 5.63. The second kappa shape index (κ2) is 12.4. The van der Waals surface area contributed by atoms with Crippen LogP contribution in [-0.2, 0) is 13.1 Å². The topological polar surface area (TPSA) is 102 Å². The molecule has 1 N–H and O–H groups in total. The van der Waals surface area contributed by atoms with Crippen LogP contribution < -0.4 is 0 Å². The molecule has 43 heavy (non-hydrogen) atoms. The number of piperidine rings is 1. The summed E-state index contributed by atoms with van der Waals surface area (Å²) in [5.41, 5.74) is 2.52. The van der Waals surface area contributed by atoms with Crippen LogP contribution in [0.5, 0.6) is 0 Å². The number of ketones is 1. The fraction of sp³-hybridized carbons (Fsp3) is 0.545. The lowest BCUT2D eigenvalue weighted by molar-refractivity contribution is 0.0594. The molecule has 1 saturated carbocycles. The highest BCUT2D eigenvalue weighted by molar-refractivity contribution is 5.95. The number of rotatable bonds is 9. The smallest absolute Gasteiger partial charge is 0.272 e. The summed E-state index contributed by atoms with van der Waals surface area (Å²) < 4.78 is 19.8. The normalized spacial score (nSPS) is 21.8. The molecule has 1 saturated heterocycles. The molecule has 1 unspecified atom stereocenters. The molecule has 0 radical (unpaired) electrons.